The summed E-state index contributed by atoms with van der Waals surface area (Å²) in [5, 5.41) is 3.46. The van der Waals surface area contributed by atoms with Gasteiger partial charge in [-0.1, -0.05) is 36.3 Å². The molecule has 0 bridgehead atoms. The summed E-state index contributed by atoms with van der Waals surface area (Å²) >= 11 is 0. The molecular weight excluding hydrogens is 174 g/mol. The van der Waals surface area contributed by atoms with Crippen molar-refractivity contribution in [1.29, 1.82) is 0 Å². The molecule has 0 atom stereocenters. The smallest absolute Gasteiger partial charge is 0.0375 e. The summed E-state index contributed by atoms with van der Waals surface area (Å²) in [4.78, 5) is 2.69. The molecule has 0 aromatic heterocycles. The summed E-state index contributed by atoms with van der Waals surface area (Å²) in [7, 11) is 0. The van der Waals surface area contributed by atoms with Gasteiger partial charge < -0.3 is 0 Å². The van der Waals surface area contributed by atoms with Crippen LogP contribution in [0, 0.1) is 12.3 Å². The molecule has 0 aliphatic carbocycles. The highest BCUT2D eigenvalue weighted by Crippen LogP contribution is 2.12. The molecule has 0 aliphatic heterocycles. The highest BCUT2D eigenvalue weighted by molar-refractivity contribution is 5.38. The van der Waals surface area contributed by atoms with Gasteiger partial charge in [-0.15, -0.1) is 12.3 Å². The second-order valence-electron chi connectivity index (χ2n) is 2.50. The van der Waals surface area contributed by atoms with Gasteiger partial charge in [-0.05, 0) is 24.4 Å². The second kappa shape index (κ2) is 7.72. The van der Waals surface area contributed by atoms with Gasteiger partial charge in [0.1, 0.15) is 0 Å². The van der Waals surface area contributed by atoms with Gasteiger partial charge in [0.15, 0.2) is 0 Å². The largest absolute Gasteiger partial charge is 0.120 e. The first-order valence-corrected chi connectivity index (χ1v) is 4.29. The van der Waals surface area contributed by atoms with Crippen LogP contribution in [0.2, 0.25) is 0 Å². The molecule has 0 amide bonds. The Balaban J connectivity index is 0.000000500. The number of benzene rings is 1. The van der Waals surface area contributed by atoms with E-state index in [9.17, 15) is 0 Å². The third kappa shape index (κ3) is 4.87. The van der Waals surface area contributed by atoms with Crippen LogP contribution in [0.5, 0.6) is 0 Å². The number of nitrogens with zero attached hydrogens (tertiary/aromatic N) is 3. The summed E-state index contributed by atoms with van der Waals surface area (Å²) in [5.41, 5.74) is 10.0. The summed E-state index contributed by atoms with van der Waals surface area (Å²) in [5.74, 6) is 2.25. The lowest BCUT2D eigenvalue weighted by molar-refractivity contribution is 1.14. The first-order chi connectivity index (χ1) is 6.78. The lowest BCUT2D eigenvalue weighted by atomic mass is 10.2. The minimum Gasteiger partial charge on any atom is -0.120 e. The highest BCUT2D eigenvalue weighted by atomic mass is 15.1. The van der Waals surface area contributed by atoms with Crippen molar-refractivity contribution in [2.24, 2.45) is 5.11 Å². The van der Waals surface area contributed by atoms with E-state index in [-0.39, 0.29) is 0 Å². The van der Waals surface area contributed by atoms with E-state index in [2.05, 4.69) is 29.3 Å². The lowest BCUT2D eigenvalue weighted by Crippen LogP contribution is -1.75. The van der Waals surface area contributed by atoms with Crippen LogP contribution < -0.4 is 0 Å². The number of azide groups is 1. The van der Waals surface area contributed by atoms with Crippen LogP contribution in [-0.4, -0.2) is 0 Å². The first kappa shape index (κ1) is 12.1. The van der Waals surface area contributed by atoms with Crippen molar-refractivity contribution in [3.8, 4) is 12.3 Å². The van der Waals surface area contributed by atoms with Crippen LogP contribution in [0.25, 0.3) is 10.4 Å². The van der Waals surface area contributed by atoms with Crippen molar-refractivity contribution in [3.63, 3.8) is 0 Å². The van der Waals surface area contributed by atoms with Crippen molar-refractivity contribution >= 4 is 5.69 Å². The molecule has 0 radical (unpaired) electrons. The Kier molecular flexibility index (Phi) is 6.67. The molecule has 0 unspecified atom stereocenters. The van der Waals surface area contributed by atoms with E-state index in [0.717, 1.165) is 6.42 Å². The van der Waals surface area contributed by atoms with Crippen molar-refractivity contribution < 1.29 is 0 Å². The Morgan fingerprint density at radius 1 is 1.43 bits per heavy atom. The Morgan fingerprint density at radius 3 is 2.29 bits per heavy atom. The standard InChI is InChI=1S/C8H9N3.C3H4/c1-2-7-3-5-8(6-4-7)10-11-9;1-3-2/h3-6H,2H2,1H3;1H,2H3. The average molecular weight is 187 g/mol. The zero-order chi connectivity index (χ0) is 10.8. The molecule has 1 rings (SSSR count). The van der Waals surface area contributed by atoms with Crippen LogP contribution >= 0.6 is 0 Å². The van der Waals surface area contributed by atoms with E-state index in [1.807, 2.05) is 24.3 Å². The Bertz CT molecular complexity index is 340. The summed E-state index contributed by atoms with van der Waals surface area (Å²) in [6.07, 6.45) is 5.61. The predicted octanol–water partition coefficient (Wildman–Crippen LogP) is 3.83. The number of hydrogen-bond acceptors (Lipinski definition) is 1. The fourth-order valence-corrected chi connectivity index (χ4v) is 0.850. The van der Waals surface area contributed by atoms with Crippen LogP contribution in [-0.2, 0) is 6.42 Å². The lowest BCUT2D eigenvalue weighted by Gasteiger charge is -1.94. The van der Waals surface area contributed by atoms with Gasteiger partial charge in [0.2, 0.25) is 0 Å². The van der Waals surface area contributed by atoms with Gasteiger partial charge in [0.05, 0.1) is 0 Å². The number of aryl methyl sites for hydroxylation is 1. The maximum atomic E-state index is 8.10. The minimum absolute atomic E-state index is 0.671. The molecule has 0 fully saturated rings. The molecule has 3 nitrogen and oxygen atoms in total. The maximum absolute atomic E-state index is 8.10. The summed E-state index contributed by atoms with van der Waals surface area (Å²) in [6.45, 7) is 3.74. The van der Waals surface area contributed by atoms with Gasteiger partial charge in [0, 0.05) is 10.6 Å². The topological polar surface area (TPSA) is 48.8 Å². The molecule has 0 saturated heterocycles. The zero-order valence-corrected chi connectivity index (χ0v) is 8.44. The van der Waals surface area contributed by atoms with E-state index >= 15 is 0 Å². The quantitative estimate of drug-likeness (QED) is 0.292. The second-order valence-corrected chi connectivity index (χ2v) is 2.50. The van der Waals surface area contributed by atoms with E-state index in [4.69, 9.17) is 5.53 Å². The van der Waals surface area contributed by atoms with E-state index in [1.54, 1.807) is 6.92 Å². The molecule has 14 heavy (non-hydrogen) atoms. The molecule has 0 heterocycles. The van der Waals surface area contributed by atoms with Crippen molar-refractivity contribution in [2.45, 2.75) is 20.3 Å². The fourth-order valence-electron chi connectivity index (χ4n) is 0.850. The molecule has 1 aromatic carbocycles. The van der Waals surface area contributed by atoms with Crippen LogP contribution in [0.15, 0.2) is 29.4 Å². The Labute approximate surface area is 84.4 Å². The Hall–Kier alpha value is -1.91. The highest BCUT2D eigenvalue weighted by Gasteiger charge is 1.88. The molecule has 3 heteroatoms. The van der Waals surface area contributed by atoms with Crippen LogP contribution in [0.1, 0.15) is 19.4 Å². The van der Waals surface area contributed by atoms with E-state index in [1.165, 1.54) is 5.56 Å². The monoisotopic (exact) mass is 187 g/mol. The number of terminal acetylenes is 1. The predicted molar refractivity (Wildman–Crippen MR) is 59.1 cm³/mol. The number of rotatable bonds is 2. The van der Waals surface area contributed by atoms with Crippen molar-refractivity contribution in [3.05, 3.63) is 40.3 Å². The minimum atomic E-state index is 0.671. The van der Waals surface area contributed by atoms with E-state index in [0.29, 0.717) is 5.69 Å². The summed E-state index contributed by atoms with van der Waals surface area (Å²) < 4.78 is 0. The maximum Gasteiger partial charge on any atom is 0.0375 e. The van der Waals surface area contributed by atoms with E-state index < -0.39 is 0 Å². The van der Waals surface area contributed by atoms with Gasteiger partial charge >= 0.3 is 0 Å². The average Bonchev–Trinajstić information content (AvgIpc) is 2.21. The molecule has 0 N–H and O–H groups in total. The van der Waals surface area contributed by atoms with Crippen molar-refractivity contribution in [2.75, 3.05) is 0 Å². The van der Waals surface area contributed by atoms with Crippen molar-refractivity contribution in [1.82, 2.24) is 0 Å². The molecule has 0 spiro atoms. The summed E-state index contributed by atoms with van der Waals surface area (Å²) in [6, 6.07) is 7.56. The SMILES string of the molecule is C#CC.CCc1ccc(N=[N+]=[N-])cc1. The third-order valence-electron chi connectivity index (χ3n) is 1.50. The molecule has 72 valence electrons. The molecule has 1 aromatic rings. The molecule has 0 saturated carbocycles. The Morgan fingerprint density at radius 2 is 1.93 bits per heavy atom. The third-order valence-corrected chi connectivity index (χ3v) is 1.50. The molecule has 0 aliphatic rings. The molecular formula is C11H13N3. The fraction of sp³-hybridized carbons (Fsp3) is 0.273. The van der Waals surface area contributed by atoms with Gasteiger partial charge in [0.25, 0.3) is 0 Å². The van der Waals surface area contributed by atoms with Gasteiger partial charge in [-0.25, -0.2) is 0 Å². The van der Waals surface area contributed by atoms with Crippen LogP contribution in [0.4, 0.5) is 5.69 Å². The zero-order valence-electron chi connectivity index (χ0n) is 8.44. The normalized spacial score (nSPS) is 7.50. The van der Waals surface area contributed by atoms with Gasteiger partial charge in [-0.2, -0.15) is 0 Å². The van der Waals surface area contributed by atoms with Crippen LogP contribution in [0.3, 0.4) is 0 Å². The van der Waals surface area contributed by atoms with Gasteiger partial charge in [-0.3, -0.25) is 0 Å². The number of hydrogen-bond donors (Lipinski definition) is 0. The first-order valence-electron chi connectivity index (χ1n) is 4.29.